The van der Waals surface area contributed by atoms with Gasteiger partial charge in [0.2, 0.25) is 11.9 Å². The Bertz CT molecular complexity index is 1290. The number of aryl methyl sites for hydroxylation is 1. The molecule has 0 aliphatic carbocycles. The third kappa shape index (κ3) is 2.86. The number of guanidine groups is 1. The number of nitrogens with two attached hydrogens (primary N) is 1. The van der Waals surface area contributed by atoms with Crippen LogP contribution in [0.15, 0.2) is 47.6 Å². The fourth-order valence-electron chi connectivity index (χ4n) is 4.11. The Morgan fingerprint density at radius 2 is 2.06 bits per heavy atom. The largest absolute Gasteiger partial charge is 0.455 e. The van der Waals surface area contributed by atoms with Gasteiger partial charge in [0, 0.05) is 29.9 Å². The van der Waals surface area contributed by atoms with E-state index in [9.17, 15) is 9.18 Å². The zero-order valence-corrected chi connectivity index (χ0v) is 17.4. The van der Waals surface area contributed by atoms with Gasteiger partial charge >= 0.3 is 0 Å². The summed E-state index contributed by atoms with van der Waals surface area (Å²) in [5.74, 6) is 0.223. The van der Waals surface area contributed by atoms with Crippen LogP contribution in [-0.4, -0.2) is 33.8 Å². The predicted molar refractivity (Wildman–Crippen MR) is 113 cm³/mol. The molecule has 2 aliphatic rings. The number of halogens is 2. The Hall–Kier alpha value is -3.52. The van der Waals surface area contributed by atoms with E-state index < -0.39 is 11.5 Å². The van der Waals surface area contributed by atoms with Gasteiger partial charge in [0.1, 0.15) is 16.4 Å². The van der Waals surface area contributed by atoms with Crippen LogP contribution in [0, 0.1) is 12.9 Å². The highest BCUT2D eigenvalue weighted by Gasteiger charge is 2.48. The fourth-order valence-corrected chi connectivity index (χ4v) is 4.35. The molecule has 3 aromatic rings. The van der Waals surface area contributed by atoms with Gasteiger partial charge in [-0.2, -0.15) is 4.39 Å². The molecule has 1 spiro atoms. The molecular weight excluding hydrogens is 421 g/mol. The second-order valence-corrected chi connectivity index (χ2v) is 7.91. The molecule has 7 nitrogen and oxygen atoms in total. The first kappa shape index (κ1) is 19.4. The summed E-state index contributed by atoms with van der Waals surface area (Å²) in [6.07, 6.45) is 1.39. The van der Waals surface area contributed by atoms with Crippen LogP contribution in [0.1, 0.15) is 23.2 Å². The second kappa shape index (κ2) is 6.75. The number of hydrogen-bond acceptors (Lipinski definition) is 6. The Morgan fingerprint density at radius 1 is 1.26 bits per heavy atom. The lowest BCUT2D eigenvalue weighted by atomic mass is 9.76. The number of nitrogens with zero attached hydrogens (tertiary/aromatic N) is 4. The first-order valence-corrected chi connectivity index (χ1v) is 9.91. The molecule has 1 atom stereocenters. The monoisotopic (exact) mass is 437 g/mol. The van der Waals surface area contributed by atoms with Crippen molar-refractivity contribution in [2.75, 3.05) is 7.05 Å². The van der Waals surface area contributed by atoms with Crippen molar-refractivity contribution >= 4 is 23.5 Å². The lowest BCUT2D eigenvalue weighted by Gasteiger charge is -2.41. The van der Waals surface area contributed by atoms with Crippen molar-refractivity contribution in [3.63, 3.8) is 0 Å². The number of hydrogen-bond donors (Lipinski definition) is 1. The van der Waals surface area contributed by atoms with Crippen LogP contribution in [0.4, 0.5) is 4.39 Å². The molecule has 0 fully saturated rings. The topological polar surface area (TPSA) is 93.7 Å². The fraction of sp³-hybridized carbons (Fsp3) is 0.182. The molecule has 0 bridgehead atoms. The molecular formula is C22H17ClFN5O2. The number of amides is 1. The number of carbonyl (C=O) groups is 1. The molecule has 4 heterocycles. The number of carbonyl (C=O) groups excluding carboxylic acids is 1. The third-order valence-electron chi connectivity index (χ3n) is 5.69. The molecule has 2 aliphatic heterocycles. The lowest BCUT2D eigenvalue weighted by molar-refractivity contribution is -0.128. The molecule has 1 amide bonds. The summed E-state index contributed by atoms with van der Waals surface area (Å²) in [6, 6.07) is 10.2. The number of rotatable bonds is 1. The Kier molecular flexibility index (Phi) is 4.23. The Morgan fingerprint density at radius 3 is 2.81 bits per heavy atom. The number of fused-ring (bicyclic) bond motifs is 4. The molecule has 0 saturated heterocycles. The number of aliphatic imine (C=N–C) groups is 1. The van der Waals surface area contributed by atoms with Gasteiger partial charge in [0.25, 0.3) is 0 Å². The quantitative estimate of drug-likeness (QED) is 0.585. The average Bonchev–Trinajstić information content (AvgIpc) is 2.73. The highest BCUT2D eigenvalue weighted by Crippen LogP contribution is 2.54. The molecule has 0 saturated carbocycles. The maximum Gasteiger partial charge on any atom is 0.232 e. The molecule has 9 heteroatoms. The SMILES string of the molecule is Cc1nc(Cl)cc2c1Oc1ccc(-c3cccnc3F)cc1C21CC(=O)N(C)C(N)=N1. The maximum atomic E-state index is 14.4. The lowest BCUT2D eigenvalue weighted by Crippen LogP contribution is -2.49. The molecule has 0 radical (unpaired) electrons. The highest BCUT2D eigenvalue weighted by molar-refractivity contribution is 6.29. The van der Waals surface area contributed by atoms with Crippen molar-refractivity contribution in [1.82, 2.24) is 14.9 Å². The molecule has 2 aromatic heterocycles. The van der Waals surface area contributed by atoms with E-state index in [1.54, 1.807) is 50.4 Å². The number of ether oxygens (including phenoxy) is 1. The van der Waals surface area contributed by atoms with Crippen molar-refractivity contribution in [1.29, 1.82) is 0 Å². The van der Waals surface area contributed by atoms with Gasteiger partial charge in [-0.3, -0.25) is 9.69 Å². The average molecular weight is 438 g/mol. The maximum absolute atomic E-state index is 14.4. The molecule has 1 aromatic carbocycles. The van der Waals surface area contributed by atoms with Crippen molar-refractivity contribution in [3.8, 4) is 22.6 Å². The number of aromatic nitrogens is 2. The first-order chi connectivity index (χ1) is 14.8. The van der Waals surface area contributed by atoms with Crippen LogP contribution < -0.4 is 10.5 Å². The van der Waals surface area contributed by atoms with Gasteiger partial charge in [0.05, 0.1) is 12.1 Å². The van der Waals surface area contributed by atoms with E-state index in [-0.39, 0.29) is 23.4 Å². The molecule has 5 rings (SSSR count). The van der Waals surface area contributed by atoms with Gasteiger partial charge in [0.15, 0.2) is 11.7 Å². The molecule has 1 unspecified atom stereocenters. The van der Waals surface area contributed by atoms with E-state index >= 15 is 0 Å². The van der Waals surface area contributed by atoms with Crippen LogP contribution >= 0.6 is 11.6 Å². The van der Waals surface area contributed by atoms with Crippen LogP contribution in [0.2, 0.25) is 5.15 Å². The zero-order chi connectivity index (χ0) is 21.9. The van der Waals surface area contributed by atoms with Crippen LogP contribution in [-0.2, 0) is 10.3 Å². The summed E-state index contributed by atoms with van der Waals surface area (Å²) in [5.41, 5.74) is 7.60. The molecule has 2 N–H and O–H groups in total. The molecule has 156 valence electrons. The summed E-state index contributed by atoms with van der Waals surface area (Å²) in [4.78, 5) is 26.9. The van der Waals surface area contributed by atoms with Crippen LogP contribution in [0.5, 0.6) is 11.5 Å². The van der Waals surface area contributed by atoms with E-state index in [0.717, 1.165) is 0 Å². The Balaban J connectivity index is 1.83. The minimum Gasteiger partial charge on any atom is -0.455 e. The minimum atomic E-state index is -1.18. The second-order valence-electron chi connectivity index (χ2n) is 7.52. The van der Waals surface area contributed by atoms with Crippen molar-refractivity contribution in [3.05, 3.63) is 70.5 Å². The number of benzene rings is 1. The van der Waals surface area contributed by atoms with Gasteiger partial charge < -0.3 is 10.5 Å². The summed E-state index contributed by atoms with van der Waals surface area (Å²) < 4.78 is 20.5. The standard InChI is InChI=1S/C22H17ClFN5O2/c1-11-19-15(9-17(23)27-11)22(10-18(30)29(2)21(25)28-22)14-8-12(5-6-16(14)31-19)13-4-3-7-26-20(13)24/h3-9H,10H2,1-2H3,(H2,25,28). The van der Waals surface area contributed by atoms with Gasteiger partial charge in [-0.15, -0.1) is 0 Å². The summed E-state index contributed by atoms with van der Waals surface area (Å²) in [6.45, 7) is 1.77. The van der Waals surface area contributed by atoms with E-state index in [1.165, 1.54) is 11.1 Å². The first-order valence-electron chi connectivity index (χ1n) is 9.53. The van der Waals surface area contributed by atoms with Crippen molar-refractivity contribution in [2.24, 2.45) is 10.7 Å². The van der Waals surface area contributed by atoms with E-state index in [0.29, 0.717) is 39.4 Å². The minimum absolute atomic E-state index is 0.00627. The summed E-state index contributed by atoms with van der Waals surface area (Å²) in [5, 5.41) is 0.247. The summed E-state index contributed by atoms with van der Waals surface area (Å²) >= 11 is 6.26. The van der Waals surface area contributed by atoms with Crippen molar-refractivity contribution in [2.45, 2.75) is 18.9 Å². The zero-order valence-electron chi connectivity index (χ0n) is 16.7. The van der Waals surface area contributed by atoms with E-state index in [4.69, 9.17) is 27.1 Å². The van der Waals surface area contributed by atoms with E-state index in [2.05, 4.69) is 9.97 Å². The normalized spacial score (nSPS) is 19.5. The van der Waals surface area contributed by atoms with Gasteiger partial charge in [-0.25, -0.2) is 15.0 Å². The van der Waals surface area contributed by atoms with Gasteiger partial charge in [-0.1, -0.05) is 17.7 Å². The molecule has 31 heavy (non-hydrogen) atoms. The smallest absolute Gasteiger partial charge is 0.232 e. The number of pyridine rings is 2. The van der Waals surface area contributed by atoms with Crippen LogP contribution in [0.3, 0.4) is 0 Å². The van der Waals surface area contributed by atoms with Gasteiger partial charge in [-0.05, 0) is 42.8 Å². The third-order valence-corrected chi connectivity index (χ3v) is 5.89. The van der Waals surface area contributed by atoms with Crippen LogP contribution in [0.25, 0.3) is 11.1 Å². The Labute approximate surface area is 182 Å². The van der Waals surface area contributed by atoms with E-state index in [1.807, 2.05) is 0 Å². The van der Waals surface area contributed by atoms with Crippen molar-refractivity contribution < 1.29 is 13.9 Å². The highest BCUT2D eigenvalue weighted by atomic mass is 35.5. The predicted octanol–water partition coefficient (Wildman–Crippen LogP) is 3.77. The summed E-state index contributed by atoms with van der Waals surface area (Å²) in [7, 11) is 1.57.